The number of rotatable bonds is 6. The van der Waals surface area contributed by atoms with Gasteiger partial charge in [0.25, 0.3) is 0 Å². The van der Waals surface area contributed by atoms with Gasteiger partial charge in [-0.3, -0.25) is 4.90 Å². The van der Waals surface area contributed by atoms with Crippen LogP contribution in [-0.4, -0.2) is 51.1 Å². The average Bonchev–Trinajstić information content (AvgIpc) is 3.10. The van der Waals surface area contributed by atoms with Gasteiger partial charge in [-0.25, -0.2) is 0 Å². The molecular weight excluding hydrogens is 312 g/mol. The molecule has 1 radical (unpaired) electrons. The molecule has 0 atom stereocenters. The molecule has 0 saturated heterocycles. The number of hydrogen-bond donors (Lipinski definition) is 3. The number of H-pyrrole nitrogens is 3. The van der Waals surface area contributed by atoms with Crippen molar-refractivity contribution >= 4 is 0 Å². The molecule has 0 aliphatic rings. The second kappa shape index (κ2) is 6.89. The van der Waals surface area contributed by atoms with Crippen LogP contribution in [0.3, 0.4) is 0 Å². The Balaban J connectivity index is 0.00000147. The van der Waals surface area contributed by atoms with Crippen LogP contribution in [-0.2, 0) is 36.7 Å². The molecule has 0 bridgehead atoms. The van der Waals surface area contributed by atoms with E-state index in [9.17, 15) is 0 Å². The van der Waals surface area contributed by atoms with Gasteiger partial charge in [-0.05, 0) is 0 Å². The predicted octanol–water partition coefficient (Wildman–Crippen LogP) is -0.759. The Bertz CT molecular complexity index is 488. The summed E-state index contributed by atoms with van der Waals surface area (Å²) in [7, 11) is 0. The van der Waals surface area contributed by atoms with Gasteiger partial charge >= 0.3 is 0 Å². The number of nitrogens with zero attached hydrogens (tertiary/aromatic N) is 7. The summed E-state index contributed by atoms with van der Waals surface area (Å²) >= 11 is 0. The van der Waals surface area contributed by atoms with Crippen LogP contribution in [0, 0.1) is 0 Å². The molecule has 0 unspecified atom stereocenters. The summed E-state index contributed by atoms with van der Waals surface area (Å²) < 4.78 is 0. The number of aromatic amines is 3. The Morgan fingerprint density at radius 2 is 1.05 bits per heavy atom. The molecule has 0 saturated carbocycles. The van der Waals surface area contributed by atoms with E-state index >= 15 is 0 Å². The maximum Gasteiger partial charge on any atom is 0.0964 e. The first kappa shape index (κ1) is 14.3. The molecule has 3 heterocycles. The number of nitrogens with one attached hydrogen (secondary N) is 3. The van der Waals surface area contributed by atoms with Gasteiger partial charge < -0.3 is 0 Å². The van der Waals surface area contributed by atoms with E-state index in [1.165, 1.54) is 0 Å². The van der Waals surface area contributed by atoms with Crippen LogP contribution in [0.15, 0.2) is 18.6 Å². The molecule has 3 aromatic rings. The van der Waals surface area contributed by atoms with Gasteiger partial charge in [0, 0.05) is 36.7 Å². The van der Waals surface area contributed by atoms with Crippen molar-refractivity contribution in [2.24, 2.45) is 0 Å². The Kier molecular flexibility index (Phi) is 4.93. The Labute approximate surface area is 124 Å². The third-order valence-corrected chi connectivity index (χ3v) is 2.55. The number of hydrogen-bond acceptors (Lipinski definition) is 7. The van der Waals surface area contributed by atoms with Crippen LogP contribution in [0.2, 0.25) is 0 Å². The van der Waals surface area contributed by atoms with Crippen LogP contribution >= 0.6 is 0 Å². The molecule has 20 heavy (non-hydrogen) atoms. The molecule has 0 aliphatic carbocycles. The Morgan fingerprint density at radius 1 is 0.700 bits per heavy atom. The minimum atomic E-state index is 0. The first-order valence-electron chi connectivity index (χ1n) is 5.66. The van der Waals surface area contributed by atoms with Gasteiger partial charge in [0.05, 0.1) is 35.7 Å². The molecule has 0 fully saturated rings. The fraction of sp³-hybridized carbons (Fsp3) is 0.333. The molecular formula is C9H12CuN10. The maximum absolute atomic E-state index is 4.05. The molecule has 0 spiro atoms. The Morgan fingerprint density at radius 3 is 1.30 bits per heavy atom. The van der Waals surface area contributed by atoms with E-state index < -0.39 is 0 Å². The van der Waals surface area contributed by atoms with Crippen molar-refractivity contribution < 1.29 is 17.1 Å². The van der Waals surface area contributed by atoms with E-state index in [-0.39, 0.29) is 17.1 Å². The van der Waals surface area contributed by atoms with Crippen molar-refractivity contribution in [3.63, 3.8) is 0 Å². The number of aromatic nitrogens is 9. The molecule has 3 rings (SSSR count). The largest absolute Gasteiger partial charge is 0.285 e. The van der Waals surface area contributed by atoms with Gasteiger partial charge in [0.2, 0.25) is 0 Å². The molecule has 11 heteroatoms. The zero-order valence-corrected chi connectivity index (χ0v) is 11.2. The summed E-state index contributed by atoms with van der Waals surface area (Å²) in [5, 5.41) is 31.3. The smallest absolute Gasteiger partial charge is 0.0964 e. The van der Waals surface area contributed by atoms with E-state index in [2.05, 4.69) is 51.1 Å². The monoisotopic (exact) mass is 323 g/mol. The fourth-order valence-electron chi connectivity index (χ4n) is 1.76. The van der Waals surface area contributed by atoms with Crippen LogP contribution in [0.4, 0.5) is 0 Å². The first-order chi connectivity index (χ1) is 9.40. The third kappa shape index (κ3) is 3.70. The second-order valence-electron chi connectivity index (χ2n) is 4.03. The van der Waals surface area contributed by atoms with Crippen molar-refractivity contribution in [2.75, 3.05) is 0 Å². The van der Waals surface area contributed by atoms with Gasteiger partial charge in [-0.1, -0.05) is 0 Å². The maximum atomic E-state index is 4.05. The molecule has 3 N–H and O–H groups in total. The topological polar surface area (TPSA) is 128 Å². The van der Waals surface area contributed by atoms with E-state index in [1.807, 2.05) is 0 Å². The zero-order valence-electron chi connectivity index (χ0n) is 10.3. The van der Waals surface area contributed by atoms with E-state index in [4.69, 9.17) is 0 Å². The molecule has 10 nitrogen and oxygen atoms in total. The van der Waals surface area contributed by atoms with E-state index in [0.29, 0.717) is 19.6 Å². The minimum absolute atomic E-state index is 0. The van der Waals surface area contributed by atoms with E-state index in [0.717, 1.165) is 17.1 Å². The van der Waals surface area contributed by atoms with Gasteiger partial charge in [-0.2, -0.15) is 46.2 Å². The summed E-state index contributed by atoms with van der Waals surface area (Å²) in [6.07, 6.45) is 5.08. The van der Waals surface area contributed by atoms with Crippen molar-refractivity contribution in [2.45, 2.75) is 19.6 Å². The average molecular weight is 324 g/mol. The summed E-state index contributed by atoms with van der Waals surface area (Å²) in [5.74, 6) is 0. The zero-order chi connectivity index (χ0) is 12.9. The van der Waals surface area contributed by atoms with Crippen molar-refractivity contribution in [3.8, 4) is 0 Å². The van der Waals surface area contributed by atoms with Gasteiger partial charge in [0.15, 0.2) is 0 Å². The van der Waals surface area contributed by atoms with Crippen molar-refractivity contribution in [3.05, 3.63) is 35.7 Å². The molecule has 0 aromatic carbocycles. The van der Waals surface area contributed by atoms with Gasteiger partial charge in [-0.15, -0.1) is 0 Å². The van der Waals surface area contributed by atoms with E-state index in [1.54, 1.807) is 18.6 Å². The molecule has 0 aliphatic heterocycles. The third-order valence-electron chi connectivity index (χ3n) is 2.55. The summed E-state index contributed by atoms with van der Waals surface area (Å²) in [5.41, 5.74) is 2.56. The Hall–Kier alpha value is -2.10. The van der Waals surface area contributed by atoms with Crippen molar-refractivity contribution in [1.29, 1.82) is 0 Å². The molecule has 109 valence electrons. The predicted molar refractivity (Wildman–Crippen MR) is 62.1 cm³/mol. The minimum Gasteiger partial charge on any atom is -0.285 e. The van der Waals surface area contributed by atoms with Crippen LogP contribution < -0.4 is 0 Å². The summed E-state index contributed by atoms with van der Waals surface area (Å²) in [6, 6.07) is 0. The van der Waals surface area contributed by atoms with Crippen LogP contribution in [0.5, 0.6) is 0 Å². The standard InChI is InChI=1S/C9H12N10.Cu/c1-7(13-16-10-1)4-19(5-8-2-11-17-14-8)6-9-3-12-18-15-9;/h1-3H,4-6H2,(H,10,13,16)(H,11,14,17)(H,12,15,18);. The normalized spacial score (nSPS) is 10.7. The van der Waals surface area contributed by atoms with Crippen LogP contribution in [0.1, 0.15) is 17.1 Å². The quantitative estimate of drug-likeness (QED) is 0.509. The SMILES string of the molecule is [Cu].c1n[nH]nc1CN(Cc1cn[nH]n1)Cc1cn[nH]n1. The van der Waals surface area contributed by atoms with Crippen molar-refractivity contribution in [1.82, 2.24) is 51.1 Å². The first-order valence-corrected chi connectivity index (χ1v) is 5.66. The van der Waals surface area contributed by atoms with Crippen LogP contribution in [0.25, 0.3) is 0 Å². The fourth-order valence-corrected chi connectivity index (χ4v) is 1.76. The van der Waals surface area contributed by atoms with Gasteiger partial charge in [0.1, 0.15) is 0 Å². The molecule has 3 aromatic heterocycles. The molecule has 0 amide bonds. The summed E-state index contributed by atoms with van der Waals surface area (Å²) in [4.78, 5) is 2.12. The second-order valence-corrected chi connectivity index (χ2v) is 4.03. The summed E-state index contributed by atoms with van der Waals surface area (Å²) in [6.45, 7) is 1.91.